The zero-order chi connectivity index (χ0) is 22.1. The number of thioether (sulfide) groups is 1. The second kappa shape index (κ2) is 7.23. The van der Waals surface area contributed by atoms with Crippen LogP contribution in [0.25, 0.3) is 10.9 Å². The van der Waals surface area contributed by atoms with E-state index in [4.69, 9.17) is 26.1 Å². The molecule has 0 aliphatic carbocycles. The van der Waals surface area contributed by atoms with Crippen molar-refractivity contribution < 1.29 is 18.7 Å². The van der Waals surface area contributed by atoms with Gasteiger partial charge in [0, 0.05) is 6.54 Å². The number of carbonyl (C=O) groups excluding carboxylic acids is 1. The lowest BCUT2D eigenvalue weighted by molar-refractivity contribution is 0.00539. The smallest absolute Gasteiger partial charge is 0.410 e. The van der Waals surface area contributed by atoms with Gasteiger partial charge in [0.25, 0.3) is 0 Å². The Labute approximate surface area is 188 Å². The third kappa shape index (κ3) is 3.34. The standard InChI is InChI=1S/C20H23ClFN5O3S/c1-20(2,3)30-19(28)27-9-5-6-10(27)11-8-29-17-12-14(13(22)15(21)24-17)23-18(31-4)25-16(12)26(11)7-9/h9-11H,5-8H2,1-4H3. The van der Waals surface area contributed by atoms with Crippen LogP contribution in [0.5, 0.6) is 5.88 Å². The number of pyridine rings is 1. The number of piperazine rings is 1. The monoisotopic (exact) mass is 467 g/mol. The van der Waals surface area contributed by atoms with Gasteiger partial charge >= 0.3 is 6.09 Å². The summed E-state index contributed by atoms with van der Waals surface area (Å²) in [5.41, 5.74) is -0.472. The van der Waals surface area contributed by atoms with Crippen molar-refractivity contribution in [2.45, 2.75) is 62.5 Å². The summed E-state index contributed by atoms with van der Waals surface area (Å²) in [7, 11) is 0. The maximum absolute atomic E-state index is 14.8. The highest BCUT2D eigenvalue weighted by Crippen LogP contribution is 2.44. The van der Waals surface area contributed by atoms with E-state index in [1.54, 1.807) is 0 Å². The van der Waals surface area contributed by atoms with E-state index in [9.17, 15) is 9.18 Å². The summed E-state index contributed by atoms with van der Waals surface area (Å²) in [5.74, 6) is 0.116. The maximum atomic E-state index is 14.8. The van der Waals surface area contributed by atoms with Crippen molar-refractivity contribution in [1.82, 2.24) is 19.9 Å². The van der Waals surface area contributed by atoms with Crippen molar-refractivity contribution >= 4 is 46.2 Å². The van der Waals surface area contributed by atoms with E-state index in [2.05, 4.69) is 14.9 Å². The molecular formula is C20H23ClFN5O3S. The Morgan fingerprint density at radius 3 is 2.74 bits per heavy atom. The van der Waals surface area contributed by atoms with Gasteiger partial charge in [-0.1, -0.05) is 23.4 Å². The van der Waals surface area contributed by atoms with Crippen molar-refractivity contribution in [3.63, 3.8) is 0 Å². The van der Waals surface area contributed by atoms with E-state index in [0.29, 0.717) is 22.9 Å². The molecule has 3 atom stereocenters. The van der Waals surface area contributed by atoms with E-state index < -0.39 is 11.4 Å². The molecule has 0 aromatic carbocycles. The van der Waals surface area contributed by atoms with Crippen LogP contribution >= 0.6 is 23.4 Å². The molecule has 2 aromatic heterocycles. The predicted octanol–water partition coefficient (Wildman–Crippen LogP) is 3.89. The second-order valence-electron chi connectivity index (χ2n) is 9.00. The highest BCUT2D eigenvalue weighted by Gasteiger charge is 2.51. The Balaban J connectivity index is 1.60. The number of halogens is 2. The van der Waals surface area contributed by atoms with Gasteiger partial charge in [0.1, 0.15) is 28.9 Å². The summed E-state index contributed by atoms with van der Waals surface area (Å²) in [5, 5.41) is 0.584. The molecule has 2 bridgehead atoms. The Morgan fingerprint density at radius 1 is 1.26 bits per heavy atom. The molecule has 0 spiro atoms. The number of ether oxygens (including phenoxy) is 2. The van der Waals surface area contributed by atoms with Crippen LogP contribution in [0.3, 0.4) is 0 Å². The van der Waals surface area contributed by atoms with E-state index in [0.717, 1.165) is 12.8 Å². The number of amides is 1. The molecule has 166 valence electrons. The van der Waals surface area contributed by atoms with E-state index in [1.807, 2.05) is 31.9 Å². The van der Waals surface area contributed by atoms with Crippen molar-refractivity contribution in [2.75, 3.05) is 24.3 Å². The maximum Gasteiger partial charge on any atom is 0.410 e. The molecule has 2 fully saturated rings. The van der Waals surface area contributed by atoms with Crippen molar-refractivity contribution in [3.8, 4) is 5.88 Å². The van der Waals surface area contributed by atoms with Gasteiger partial charge in [-0.25, -0.2) is 19.2 Å². The lowest BCUT2D eigenvalue weighted by Gasteiger charge is -2.46. The number of nitrogens with zero attached hydrogens (tertiary/aromatic N) is 5. The lowest BCUT2D eigenvalue weighted by atomic mass is 10.0. The van der Waals surface area contributed by atoms with Crippen LogP contribution in [-0.2, 0) is 4.74 Å². The lowest BCUT2D eigenvalue weighted by Crippen LogP contribution is -2.63. The van der Waals surface area contributed by atoms with Gasteiger partial charge in [-0.3, -0.25) is 4.90 Å². The van der Waals surface area contributed by atoms with Gasteiger partial charge < -0.3 is 14.4 Å². The van der Waals surface area contributed by atoms with Crippen LogP contribution in [0.1, 0.15) is 33.6 Å². The number of anilines is 1. The first kappa shape index (κ1) is 20.8. The zero-order valence-corrected chi connectivity index (χ0v) is 19.3. The minimum Gasteiger partial charge on any atom is -0.475 e. The van der Waals surface area contributed by atoms with Crippen molar-refractivity contribution in [1.29, 1.82) is 0 Å². The molecule has 31 heavy (non-hydrogen) atoms. The van der Waals surface area contributed by atoms with Crippen molar-refractivity contribution in [2.24, 2.45) is 0 Å². The molecule has 11 heteroatoms. The van der Waals surface area contributed by atoms with Gasteiger partial charge in [-0.05, 0) is 39.9 Å². The molecule has 3 aliphatic rings. The van der Waals surface area contributed by atoms with Crippen LogP contribution < -0.4 is 9.64 Å². The van der Waals surface area contributed by atoms with Crippen LogP contribution in [0.2, 0.25) is 5.15 Å². The quantitative estimate of drug-likeness (QED) is 0.355. The SMILES string of the molecule is CSc1nc2c3c(nc(Cl)c(F)c3n1)OCC1C3CCC(CN21)N3C(=O)OC(C)(C)C. The molecule has 0 N–H and O–H groups in total. The Morgan fingerprint density at radius 2 is 2.03 bits per heavy atom. The number of fused-ring (bicyclic) bond motifs is 5. The summed E-state index contributed by atoms with van der Waals surface area (Å²) in [4.78, 5) is 30.1. The van der Waals surface area contributed by atoms with Gasteiger partial charge in [-0.15, -0.1) is 0 Å². The summed E-state index contributed by atoms with van der Waals surface area (Å²) in [6, 6.07) is -0.299. The minimum absolute atomic E-state index is 0.0227. The van der Waals surface area contributed by atoms with Gasteiger partial charge in [-0.2, -0.15) is 4.98 Å². The number of carbonyl (C=O) groups is 1. The van der Waals surface area contributed by atoms with Gasteiger partial charge in [0.15, 0.2) is 16.1 Å². The second-order valence-corrected chi connectivity index (χ2v) is 10.1. The van der Waals surface area contributed by atoms with E-state index >= 15 is 0 Å². The van der Waals surface area contributed by atoms with Crippen LogP contribution in [0, 0.1) is 5.82 Å². The normalized spacial score (nSPS) is 24.6. The highest BCUT2D eigenvalue weighted by atomic mass is 35.5. The number of hydrogen-bond acceptors (Lipinski definition) is 8. The Bertz CT molecular complexity index is 1080. The van der Waals surface area contributed by atoms with Gasteiger partial charge in [0.05, 0.1) is 18.1 Å². The average Bonchev–Trinajstić information content (AvgIpc) is 2.94. The first-order valence-corrected chi connectivity index (χ1v) is 11.8. The number of rotatable bonds is 1. The molecule has 3 unspecified atom stereocenters. The van der Waals surface area contributed by atoms with Crippen LogP contribution in [0.4, 0.5) is 15.0 Å². The molecule has 2 saturated heterocycles. The Kier molecular flexibility index (Phi) is 4.85. The van der Waals surface area contributed by atoms with E-state index in [-0.39, 0.29) is 47.4 Å². The summed E-state index contributed by atoms with van der Waals surface area (Å²) in [6.07, 6.45) is 3.22. The molecule has 5 rings (SSSR count). The van der Waals surface area contributed by atoms with Crippen molar-refractivity contribution in [3.05, 3.63) is 11.0 Å². The first-order chi connectivity index (χ1) is 14.7. The molecule has 8 nitrogen and oxygen atoms in total. The largest absolute Gasteiger partial charge is 0.475 e. The molecule has 1 amide bonds. The molecule has 2 aromatic rings. The minimum atomic E-state index is -0.684. The van der Waals surface area contributed by atoms with E-state index in [1.165, 1.54) is 11.8 Å². The first-order valence-electron chi connectivity index (χ1n) is 10.2. The Hall–Kier alpha value is -2.07. The predicted molar refractivity (Wildman–Crippen MR) is 116 cm³/mol. The third-order valence-electron chi connectivity index (χ3n) is 5.92. The fraction of sp³-hybridized carbons (Fsp3) is 0.600. The number of aromatic nitrogens is 3. The highest BCUT2D eigenvalue weighted by molar-refractivity contribution is 7.98. The topological polar surface area (TPSA) is 80.7 Å². The zero-order valence-electron chi connectivity index (χ0n) is 17.7. The fourth-order valence-electron chi connectivity index (χ4n) is 4.73. The number of hydrogen-bond donors (Lipinski definition) is 0. The fourth-order valence-corrected chi connectivity index (χ4v) is 5.25. The summed E-state index contributed by atoms with van der Waals surface area (Å²) in [6.45, 7) is 6.40. The molecule has 0 radical (unpaired) electrons. The van der Waals surface area contributed by atoms with Gasteiger partial charge in [0.2, 0.25) is 5.88 Å². The average molecular weight is 468 g/mol. The molecular weight excluding hydrogens is 445 g/mol. The molecule has 5 heterocycles. The molecule has 3 aliphatic heterocycles. The summed E-state index contributed by atoms with van der Waals surface area (Å²) >= 11 is 7.35. The van der Waals surface area contributed by atoms with Crippen LogP contribution in [-0.4, -0.2) is 69.1 Å². The molecule has 0 saturated carbocycles. The third-order valence-corrected chi connectivity index (χ3v) is 6.72. The summed E-state index contributed by atoms with van der Waals surface area (Å²) < 4.78 is 26.5. The van der Waals surface area contributed by atoms with Crippen LogP contribution in [0.15, 0.2) is 5.16 Å².